The molecule has 4 heteroatoms. The van der Waals surface area contributed by atoms with Crippen molar-refractivity contribution in [3.63, 3.8) is 0 Å². The number of halogens is 1. The lowest BCUT2D eigenvalue weighted by Crippen LogP contribution is -2.09. The van der Waals surface area contributed by atoms with E-state index in [-0.39, 0.29) is 0 Å². The topological polar surface area (TPSA) is 29.9 Å². The summed E-state index contributed by atoms with van der Waals surface area (Å²) in [6.45, 7) is 0.823. The molecule has 3 rings (SSSR count). The Morgan fingerprint density at radius 3 is 2.67 bits per heavy atom. The van der Waals surface area contributed by atoms with E-state index >= 15 is 0 Å². The van der Waals surface area contributed by atoms with E-state index in [0.29, 0.717) is 0 Å². The normalized spacial score (nSPS) is 10.8. The molecule has 0 saturated carbocycles. The van der Waals surface area contributed by atoms with Crippen LogP contribution in [0.15, 0.2) is 65.5 Å². The van der Waals surface area contributed by atoms with E-state index in [1.165, 1.54) is 5.56 Å². The summed E-state index contributed by atoms with van der Waals surface area (Å²) >= 11 is 3.62. The number of rotatable bonds is 4. The number of para-hydroxylation sites is 1. The highest BCUT2D eigenvalue weighted by Gasteiger charge is 2.11. The average Bonchev–Trinajstić information content (AvgIpc) is 2.98. The minimum absolute atomic E-state index is 0.823. The lowest BCUT2D eigenvalue weighted by Gasteiger charge is -2.14. The van der Waals surface area contributed by atoms with Gasteiger partial charge < -0.3 is 5.32 Å². The number of benzene rings is 2. The molecule has 106 valence electrons. The Balaban J connectivity index is 2.14. The summed E-state index contributed by atoms with van der Waals surface area (Å²) in [6, 6.07) is 16.6. The van der Waals surface area contributed by atoms with E-state index in [2.05, 4.69) is 61.1 Å². The molecule has 2 aromatic carbocycles. The van der Waals surface area contributed by atoms with Gasteiger partial charge in [0.2, 0.25) is 0 Å². The fourth-order valence-electron chi connectivity index (χ4n) is 2.44. The number of nitrogens with one attached hydrogen (secondary N) is 1. The van der Waals surface area contributed by atoms with E-state index in [0.717, 1.165) is 28.0 Å². The van der Waals surface area contributed by atoms with Crippen molar-refractivity contribution in [2.45, 2.75) is 6.54 Å². The third-order valence-electron chi connectivity index (χ3n) is 3.41. The van der Waals surface area contributed by atoms with Crippen LogP contribution in [0.5, 0.6) is 0 Å². The molecule has 0 aliphatic carbocycles. The molecule has 0 unspecified atom stereocenters. The van der Waals surface area contributed by atoms with Gasteiger partial charge in [0, 0.05) is 16.6 Å². The Kier molecular flexibility index (Phi) is 4.18. The van der Waals surface area contributed by atoms with Gasteiger partial charge in [0.05, 0.1) is 23.9 Å². The third kappa shape index (κ3) is 2.77. The van der Waals surface area contributed by atoms with Gasteiger partial charge in [-0.2, -0.15) is 0 Å². The van der Waals surface area contributed by atoms with Crippen LogP contribution in [0.4, 0.5) is 0 Å². The average molecular weight is 342 g/mol. The number of hydrogen-bond donors (Lipinski definition) is 1. The van der Waals surface area contributed by atoms with Crippen LogP contribution in [-0.2, 0) is 6.54 Å². The number of hydrogen-bond acceptors (Lipinski definition) is 2. The molecule has 21 heavy (non-hydrogen) atoms. The Morgan fingerprint density at radius 2 is 1.86 bits per heavy atom. The maximum Gasteiger partial charge on any atom is 0.0997 e. The van der Waals surface area contributed by atoms with Crippen LogP contribution in [0.3, 0.4) is 0 Å². The van der Waals surface area contributed by atoms with Gasteiger partial charge in [-0.3, -0.25) is 4.57 Å². The molecule has 0 atom stereocenters. The van der Waals surface area contributed by atoms with E-state index in [1.54, 1.807) is 0 Å². The Labute approximate surface area is 132 Å². The molecule has 0 radical (unpaired) electrons. The SMILES string of the molecule is CNCc1ccccc1-n1cncc1-c1ccccc1Br. The first-order valence-corrected chi connectivity index (χ1v) is 7.60. The Hall–Kier alpha value is -1.91. The van der Waals surface area contributed by atoms with Gasteiger partial charge in [0.15, 0.2) is 0 Å². The van der Waals surface area contributed by atoms with Crippen molar-refractivity contribution in [3.05, 3.63) is 71.1 Å². The smallest absolute Gasteiger partial charge is 0.0997 e. The van der Waals surface area contributed by atoms with Crippen molar-refractivity contribution in [1.82, 2.24) is 14.9 Å². The van der Waals surface area contributed by atoms with Crippen molar-refractivity contribution < 1.29 is 0 Å². The second-order valence-corrected chi connectivity index (χ2v) is 5.64. The lowest BCUT2D eigenvalue weighted by molar-refractivity contribution is 0.808. The summed E-state index contributed by atoms with van der Waals surface area (Å²) < 4.78 is 3.20. The van der Waals surface area contributed by atoms with Gasteiger partial charge in [-0.25, -0.2) is 4.98 Å². The van der Waals surface area contributed by atoms with Gasteiger partial charge >= 0.3 is 0 Å². The third-order valence-corrected chi connectivity index (χ3v) is 4.10. The first-order valence-electron chi connectivity index (χ1n) is 6.81. The molecule has 0 aliphatic rings. The highest BCUT2D eigenvalue weighted by molar-refractivity contribution is 9.10. The zero-order valence-corrected chi connectivity index (χ0v) is 13.3. The van der Waals surface area contributed by atoms with Crippen LogP contribution in [0, 0.1) is 0 Å². The van der Waals surface area contributed by atoms with Gasteiger partial charge in [-0.1, -0.05) is 52.3 Å². The van der Waals surface area contributed by atoms with Crippen molar-refractivity contribution in [2.75, 3.05) is 7.05 Å². The molecule has 1 heterocycles. The van der Waals surface area contributed by atoms with Gasteiger partial charge in [0.1, 0.15) is 0 Å². The van der Waals surface area contributed by atoms with Gasteiger partial charge in [-0.15, -0.1) is 0 Å². The molecule has 0 fully saturated rings. The van der Waals surface area contributed by atoms with Crippen LogP contribution in [0.2, 0.25) is 0 Å². The lowest BCUT2D eigenvalue weighted by atomic mass is 10.1. The second-order valence-electron chi connectivity index (χ2n) is 4.79. The molecule has 3 aromatic rings. The number of nitrogens with zero attached hydrogens (tertiary/aromatic N) is 2. The predicted molar refractivity (Wildman–Crippen MR) is 89.5 cm³/mol. The zero-order chi connectivity index (χ0) is 14.7. The fourth-order valence-corrected chi connectivity index (χ4v) is 2.93. The summed E-state index contributed by atoms with van der Waals surface area (Å²) in [5.41, 5.74) is 4.60. The van der Waals surface area contributed by atoms with Crippen molar-refractivity contribution >= 4 is 15.9 Å². The first kappa shape index (κ1) is 14.0. The predicted octanol–water partition coefficient (Wildman–Crippen LogP) is 4.02. The standard InChI is InChI=1S/C17H16BrN3/c1-19-10-13-6-2-5-9-16(13)21-12-20-11-17(21)14-7-3-4-8-15(14)18/h2-9,11-12,19H,10H2,1H3. The van der Waals surface area contributed by atoms with Gasteiger partial charge in [0.25, 0.3) is 0 Å². The number of imidazole rings is 1. The first-order chi connectivity index (χ1) is 10.3. The van der Waals surface area contributed by atoms with E-state index in [1.807, 2.05) is 37.8 Å². The summed E-state index contributed by atoms with van der Waals surface area (Å²) in [5, 5.41) is 3.21. The fraction of sp³-hybridized carbons (Fsp3) is 0.118. The molecule has 0 saturated heterocycles. The van der Waals surface area contributed by atoms with Crippen LogP contribution in [0.1, 0.15) is 5.56 Å². The maximum absolute atomic E-state index is 4.34. The van der Waals surface area contributed by atoms with Crippen LogP contribution >= 0.6 is 15.9 Å². The van der Waals surface area contributed by atoms with Gasteiger partial charge in [-0.05, 0) is 24.7 Å². The summed E-state index contributed by atoms with van der Waals surface area (Å²) in [4.78, 5) is 4.34. The van der Waals surface area contributed by atoms with E-state index in [9.17, 15) is 0 Å². The Bertz CT molecular complexity index is 749. The van der Waals surface area contributed by atoms with E-state index in [4.69, 9.17) is 0 Å². The quantitative estimate of drug-likeness (QED) is 0.776. The van der Waals surface area contributed by atoms with Crippen LogP contribution in [-0.4, -0.2) is 16.6 Å². The minimum Gasteiger partial charge on any atom is -0.316 e. The highest BCUT2D eigenvalue weighted by Crippen LogP contribution is 2.30. The summed E-state index contributed by atoms with van der Waals surface area (Å²) in [7, 11) is 1.96. The largest absolute Gasteiger partial charge is 0.316 e. The summed E-state index contributed by atoms with van der Waals surface area (Å²) in [6.07, 6.45) is 3.76. The van der Waals surface area contributed by atoms with Crippen LogP contribution in [0.25, 0.3) is 16.9 Å². The van der Waals surface area contributed by atoms with Crippen molar-refractivity contribution in [2.24, 2.45) is 0 Å². The molecule has 1 aromatic heterocycles. The van der Waals surface area contributed by atoms with E-state index < -0.39 is 0 Å². The number of aromatic nitrogens is 2. The zero-order valence-electron chi connectivity index (χ0n) is 11.8. The molecule has 1 N–H and O–H groups in total. The highest BCUT2D eigenvalue weighted by atomic mass is 79.9. The molecule has 0 aliphatic heterocycles. The molecule has 0 spiro atoms. The monoisotopic (exact) mass is 341 g/mol. The maximum atomic E-state index is 4.34. The molecular weight excluding hydrogens is 326 g/mol. The second kappa shape index (κ2) is 6.24. The van der Waals surface area contributed by atoms with Crippen molar-refractivity contribution in [1.29, 1.82) is 0 Å². The van der Waals surface area contributed by atoms with Crippen LogP contribution < -0.4 is 5.32 Å². The molecule has 3 nitrogen and oxygen atoms in total. The molecule has 0 bridgehead atoms. The Morgan fingerprint density at radius 1 is 1.10 bits per heavy atom. The summed E-state index contributed by atoms with van der Waals surface area (Å²) in [5.74, 6) is 0. The molecular formula is C17H16BrN3. The molecule has 0 amide bonds. The minimum atomic E-state index is 0.823. The van der Waals surface area contributed by atoms with Crippen molar-refractivity contribution in [3.8, 4) is 16.9 Å².